The Bertz CT molecular complexity index is 2410. The van der Waals surface area contributed by atoms with Gasteiger partial charge >= 0.3 is 39.5 Å². The Balaban J connectivity index is 5.41. The Hall–Kier alpha value is -4.54. The van der Waals surface area contributed by atoms with Gasteiger partial charge in [0, 0.05) is 25.7 Å². The zero-order valence-corrected chi connectivity index (χ0v) is 65.8. The van der Waals surface area contributed by atoms with Crippen molar-refractivity contribution in [2.45, 2.75) is 341 Å². The van der Waals surface area contributed by atoms with Crippen LogP contribution in [0.1, 0.15) is 323 Å². The van der Waals surface area contributed by atoms with Crippen LogP contribution in [0.5, 0.6) is 0 Å². The number of carbonyl (C=O) groups is 4. The van der Waals surface area contributed by atoms with Crippen LogP contribution in [0.25, 0.3) is 0 Å². The number of aliphatic hydroxyl groups is 1. The molecule has 0 aliphatic heterocycles. The normalized spacial score (nSPS) is 14.5. The van der Waals surface area contributed by atoms with Crippen molar-refractivity contribution < 1.29 is 80.2 Å². The molecule has 102 heavy (non-hydrogen) atoms. The number of aliphatic hydroxyl groups excluding tert-OH is 1. The Morgan fingerprint density at radius 2 is 0.520 bits per heavy atom. The molecule has 0 spiro atoms. The lowest BCUT2D eigenvalue weighted by molar-refractivity contribution is -0.161. The number of allylic oxidation sites excluding steroid dienone is 20. The van der Waals surface area contributed by atoms with Gasteiger partial charge < -0.3 is 33.8 Å². The van der Waals surface area contributed by atoms with Crippen LogP contribution in [0.15, 0.2) is 122 Å². The molecule has 0 saturated heterocycles. The minimum atomic E-state index is -5.00. The lowest BCUT2D eigenvalue weighted by Gasteiger charge is -2.21. The van der Waals surface area contributed by atoms with Gasteiger partial charge in [-0.15, -0.1) is 0 Å². The third-order valence-corrected chi connectivity index (χ3v) is 18.3. The van der Waals surface area contributed by atoms with Gasteiger partial charge in [-0.1, -0.05) is 290 Å². The summed E-state index contributed by atoms with van der Waals surface area (Å²) in [6.07, 6.45) is 81.8. The molecule has 5 unspecified atom stereocenters. The van der Waals surface area contributed by atoms with Crippen molar-refractivity contribution in [1.82, 2.24) is 0 Å². The molecule has 0 saturated carbocycles. The zero-order chi connectivity index (χ0) is 74.6. The Kier molecular flexibility index (Phi) is 71.4. The van der Waals surface area contributed by atoms with E-state index in [1.165, 1.54) is 77.0 Å². The summed E-state index contributed by atoms with van der Waals surface area (Å²) in [6, 6.07) is 0. The summed E-state index contributed by atoms with van der Waals surface area (Å²) >= 11 is 0. The summed E-state index contributed by atoms with van der Waals surface area (Å²) in [5.74, 6) is -2.26. The standard InChI is InChI=1S/C83H142O17P2/c1-5-9-13-17-21-25-29-33-35-37-38-40-41-45-48-52-56-60-64-68-81(86)94-74-79(100-83(88)70-66-62-58-54-50-46-42-39-36-34-30-26-22-18-14-10-6-2)76-98-102(91,92)96-72-77(84)71-95-101(89,90)97-75-78(99-82(87)69-65-61-57-53-49-44-32-28-24-20-16-12-8-4)73-93-80(85)67-63-59-55-51-47-43-31-27-23-19-15-11-7-3/h9-10,13-14,21-22,25-27,31,33-36,38,40,42,46,54,58,77-79,84H,5-8,11-12,15-20,23-24,28-30,32,37,39,41,43-45,47-53,55-57,59-76H2,1-4H3,(H,89,90)(H,91,92)/b13-9-,14-10-,25-21-,26-22-,31-27-,35-33-,36-34-,40-38-,46-42-,58-54-. The first-order valence-electron chi connectivity index (χ1n) is 39.8. The number of ether oxygens (including phenoxy) is 4. The van der Waals surface area contributed by atoms with E-state index in [2.05, 4.69) is 137 Å². The Labute approximate surface area is 619 Å². The molecular weight excluding hydrogens is 1330 g/mol. The average molecular weight is 1470 g/mol. The number of hydrogen-bond donors (Lipinski definition) is 3. The van der Waals surface area contributed by atoms with Gasteiger partial charge in [-0.25, -0.2) is 9.13 Å². The molecule has 0 aromatic heterocycles. The van der Waals surface area contributed by atoms with E-state index in [0.29, 0.717) is 32.1 Å². The van der Waals surface area contributed by atoms with Crippen LogP contribution in [0.2, 0.25) is 0 Å². The fourth-order valence-electron chi connectivity index (χ4n) is 10.4. The van der Waals surface area contributed by atoms with Crippen molar-refractivity contribution in [3.05, 3.63) is 122 Å². The van der Waals surface area contributed by atoms with E-state index in [-0.39, 0.29) is 25.7 Å². The van der Waals surface area contributed by atoms with E-state index in [4.69, 9.17) is 37.0 Å². The minimum absolute atomic E-state index is 0.0110. The van der Waals surface area contributed by atoms with Crippen LogP contribution in [0.3, 0.4) is 0 Å². The minimum Gasteiger partial charge on any atom is -0.462 e. The second kappa shape index (κ2) is 74.7. The number of unbranched alkanes of at least 4 members (excludes halogenated alkanes) is 28. The molecule has 0 bridgehead atoms. The van der Waals surface area contributed by atoms with Gasteiger partial charge in [0.25, 0.3) is 0 Å². The van der Waals surface area contributed by atoms with E-state index >= 15 is 0 Å². The van der Waals surface area contributed by atoms with Gasteiger partial charge in [-0.3, -0.25) is 37.3 Å². The van der Waals surface area contributed by atoms with Crippen LogP contribution in [0.4, 0.5) is 0 Å². The highest BCUT2D eigenvalue weighted by Gasteiger charge is 2.30. The second-order valence-corrected chi connectivity index (χ2v) is 29.2. The van der Waals surface area contributed by atoms with Crippen LogP contribution >= 0.6 is 15.6 Å². The van der Waals surface area contributed by atoms with Crippen molar-refractivity contribution in [2.75, 3.05) is 39.6 Å². The van der Waals surface area contributed by atoms with Crippen molar-refractivity contribution >= 4 is 39.5 Å². The molecule has 0 amide bonds. The van der Waals surface area contributed by atoms with E-state index in [1.54, 1.807) is 0 Å². The van der Waals surface area contributed by atoms with Gasteiger partial charge in [0.2, 0.25) is 0 Å². The molecule has 0 aliphatic rings. The van der Waals surface area contributed by atoms with Crippen LogP contribution < -0.4 is 0 Å². The third-order valence-electron chi connectivity index (χ3n) is 16.4. The van der Waals surface area contributed by atoms with E-state index in [0.717, 1.165) is 161 Å². The largest absolute Gasteiger partial charge is 0.472 e. The highest BCUT2D eigenvalue weighted by molar-refractivity contribution is 7.47. The highest BCUT2D eigenvalue weighted by atomic mass is 31.2. The summed E-state index contributed by atoms with van der Waals surface area (Å²) in [4.78, 5) is 73.0. The third kappa shape index (κ3) is 73.8. The number of esters is 4. The molecule has 5 atom stereocenters. The summed E-state index contributed by atoms with van der Waals surface area (Å²) in [5.41, 5.74) is 0. The average Bonchev–Trinajstić information content (AvgIpc) is 0.908. The molecule has 0 radical (unpaired) electrons. The molecular formula is C83H142O17P2. The predicted octanol–water partition coefficient (Wildman–Crippen LogP) is 23.1. The van der Waals surface area contributed by atoms with Crippen molar-refractivity contribution in [3.63, 3.8) is 0 Å². The molecule has 0 heterocycles. The Morgan fingerprint density at radius 3 is 0.843 bits per heavy atom. The molecule has 0 aromatic carbocycles. The molecule has 0 aliphatic carbocycles. The molecule has 586 valence electrons. The molecule has 17 nitrogen and oxygen atoms in total. The summed E-state index contributed by atoms with van der Waals surface area (Å²) in [7, 11) is -9.98. The second-order valence-electron chi connectivity index (χ2n) is 26.2. The lowest BCUT2D eigenvalue weighted by Crippen LogP contribution is -2.30. The SMILES string of the molecule is CC/C=C\C/C=C\C/C=C\C/C=C\C/C=C\CCCC(=O)OC(COC(=O)CCCCCCCC/C=C\C/C=C\C/C=C\C/C=C\CC)COP(=O)(O)OCC(O)COP(=O)(O)OCC(COC(=O)CCCCCCC/C=C\CCCCCC)OC(=O)CCCCCCCCCCCCCCC. The molecule has 3 N–H and O–H groups in total. The first-order valence-corrected chi connectivity index (χ1v) is 42.8. The molecule has 19 heteroatoms. The number of phosphoric acid groups is 2. The number of rotatable bonds is 74. The molecule has 0 aromatic rings. The van der Waals surface area contributed by atoms with Crippen molar-refractivity contribution in [1.29, 1.82) is 0 Å². The van der Waals surface area contributed by atoms with Crippen LogP contribution in [0, 0.1) is 0 Å². The number of carbonyl (C=O) groups excluding carboxylic acids is 4. The number of phosphoric ester groups is 2. The smallest absolute Gasteiger partial charge is 0.462 e. The van der Waals surface area contributed by atoms with E-state index < -0.39 is 97.5 Å². The maximum absolute atomic E-state index is 13.1. The fourth-order valence-corrected chi connectivity index (χ4v) is 12.0. The van der Waals surface area contributed by atoms with E-state index in [9.17, 15) is 43.2 Å². The first-order chi connectivity index (χ1) is 49.7. The van der Waals surface area contributed by atoms with Gasteiger partial charge in [0.05, 0.1) is 26.4 Å². The molecule has 0 rings (SSSR count). The topological polar surface area (TPSA) is 237 Å². The van der Waals surface area contributed by atoms with Crippen molar-refractivity contribution in [3.8, 4) is 0 Å². The maximum Gasteiger partial charge on any atom is 0.472 e. The first kappa shape index (κ1) is 97.5. The number of hydrogen-bond acceptors (Lipinski definition) is 15. The summed E-state index contributed by atoms with van der Waals surface area (Å²) < 4.78 is 68.5. The lowest BCUT2D eigenvalue weighted by atomic mass is 10.0. The van der Waals surface area contributed by atoms with E-state index in [1.807, 2.05) is 12.2 Å². The highest BCUT2D eigenvalue weighted by Crippen LogP contribution is 2.45. The zero-order valence-electron chi connectivity index (χ0n) is 64.0. The Morgan fingerprint density at radius 1 is 0.284 bits per heavy atom. The van der Waals surface area contributed by atoms with Crippen LogP contribution in [-0.2, 0) is 65.4 Å². The summed E-state index contributed by atoms with van der Waals surface area (Å²) in [6.45, 7) is 4.57. The monoisotopic (exact) mass is 1470 g/mol. The van der Waals surface area contributed by atoms with Crippen molar-refractivity contribution in [2.24, 2.45) is 0 Å². The molecule has 0 fully saturated rings. The summed E-state index contributed by atoms with van der Waals surface area (Å²) in [5, 5.41) is 10.6. The van der Waals surface area contributed by atoms with Gasteiger partial charge in [0.15, 0.2) is 12.2 Å². The fraction of sp³-hybridized carbons (Fsp3) is 0.711. The van der Waals surface area contributed by atoms with Crippen LogP contribution in [-0.4, -0.2) is 96.7 Å². The quantitative estimate of drug-likeness (QED) is 0.0169. The predicted molar refractivity (Wildman–Crippen MR) is 418 cm³/mol. The van der Waals surface area contributed by atoms with Gasteiger partial charge in [-0.05, 0) is 128 Å². The van der Waals surface area contributed by atoms with Gasteiger partial charge in [0.1, 0.15) is 19.3 Å². The van der Waals surface area contributed by atoms with Gasteiger partial charge in [-0.2, -0.15) is 0 Å². The maximum atomic E-state index is 13.1.